The summed E-state index contributed by atoms with van der Waals surface area (Å²) in [7, 11) is 0. The van der Waals surface area contributed by atoms with E-state index < -0.39 is 18.0 Å². The summed E-state index contributed by atoms with van der Waals surface area (Å²) in [5.74, 6) is -1.27. The molecule has 1 unspecified atom stereocenters. The fourth-order valence-corrected chi connectivity index (χ4v) is 2.02. The number of carboxylic acid groups (broad SMARTS) is 1. The molecule has 0 fully saturated rings. The van der Waals surface area contributed by atoms with E-state index in [1.807, 2.05) is 18.2 Å². The molecule has 1 aromatic heterocycles. The highest BCUT2D eigenvalue weighted by molar-refractivity contribution is 6.00. The predicted molar refractivity (Wildman–Crippen MR) is 80.2 cm³/mol. The Morgan fingerprint density at radius 2 is 1.90 bits per heavy atom. The molecule has 2 aromatic rings. The third-order valence-corrected chi connectivity index (χ3v) is 3.10. The number of fused-ring (bicyclic) bond motifs is 1. The summed E-state index contributed by atoms with van der Waals surface area (Å²) in [6, 6.07) is 7.61. The van der Waals surface area contributed by atoms with Gasteiger partial charge in [-0.05, 0) is 18.1 Å². The molecule has 0 saturated heterocycles. The number of hydrogen-bond donors (Lipinski definition) is 3. The highest BCUT2D eigenvalue weighted by Gasteiger charge is 2.23. The lowest BCUT2D eigenvalue weighted by Gasteiger charge is -2.18. The van der Waals surface area contributed by atoms with E-state index in [2.05, 4.69) is 15.6 Å². The Kier molecular flexibility index (Phi) is 4.37. The van der Waals surface area contributed by atoms with E-state index in [1.165, 1.54) is 0 Å². The van der Waals surface area contributed by atoms with Crippen molar-refractivity contribution in [3.8, 4) is 0 Å². The summed E-state index contributed by atoms with van der Waals surface area (Å²) in [5, 5.41) is 15.1. The van der Waals surface area contributed by atoms with E-state index in [4.69, 9.17) is 5.11 Å². The number of para-hydroxylation sites is 1. The summed E-state index contributed by atoms with van der Waals surface area (Å²) in [4.78, 5) is 27.3. The number of nitrogens with zero attached hydrogens (tertiary/aromatic N) is 1. The topological polar surface area (TPSA) is 91.3 Å². The van der Waals surface area contributed by atoms with E-state index in [0.29, 0.717) is 11.2 Å². The molecule has 0 spiro atoms. The van der Waals surface area contributed by atoms with Crippen molar-refractivity contribution in [2.45, 2.75) is 19.9 Å². The zero-order valence-electron chi connectivity index (χ0n) is 11.8. The van der Waals surface area contributed by atoms with Crippen LogP contribution in [0.1, 0.15) is 13.8 Å². The lowest BCUT2D eigenvalue weighted by Crippen LogP contribution is -2.46. The Hall–Kier alpha value is -2.63. The van der Waals surface area contributed by atoms with Gasteiger partial charge in [-0.2, -0.15) is 0 Å². The number of rotatable bonds is 4. The number of nitrogens with one attached hydrogen (secondary N) is 2. The summed E-state index contributed by atoms with van der Waals surface area (Å²) in [6.45, 7) is 3.47. The van der Waals surface area contributed by atoms with Gasteiger partial charge in [0.25, 0.3) is 0 Å². The minimum atomic E-state index is -1.06. The van der Waals surface area contributed by atoms with Crippen LogP contribution in [0.25, 0.3) is 10.9 Å². The van der Waals surface area contributed by atoms with Crippen LogP contribution in [0.4, 0.5) is 10.5 Å². The van der Waals surface area contributed by atoms with Gasteiger partial charge in [-0.15, -0.1) is 0 Å². The summed E-state index contributed by atoms with van der Waals surface area (Å²) < 4.78 is 0. The van der Waals surface area contributed by atoms with Crippen LogP contribution >= 0.6 is 0 Å². The van der Waals surface area contributed by atoms with Gasteiger partial charge in [0.2, 0.25) is 0 Å². The SMILES string of the molecule is CC(C)C(NC(=O)Nc1cccc2cccnc12)C(=O)O. The van der Waals surface area contributed by atoms with Crippen molar-refractivity contribution in [1.82, 2.24) is 10.3 Å². The number of carboxylic acids is 1. The van der Waals surface area contributed by atoms with Crippen molar-refractivity contribution in [2.75, 3.05) is 5.32 Å². The molecule has 1 atom stereocenters. The third kappa shape index (κ3) is 3.47. The largest absolute Gasteiger partial charge is 0.480 e. The van der Waals surface area contributed by atoms with Crippen LogP contribution in [0.15, 0.2) is 36.5 Å². The Morgan fingerprint density at radius 3 is 2.57 bits per heavy atom. The van der Waals surface area contributed by atoms with Gasteiger partial charge in [-0.25, -0.2) is 9.59 Å². The Labute approximate surface area is 122 Å². The molecule has 0 aliphatic rings. The number of carbonyl (C=O) groups excluding carboxylic acids is 1. The highest BCUT2D eigenvalue weighted by Crippen LogP contribution is 2.20. The Morgan fingerprint density at radius 1 is 1.19 bits per heavy atom. The molecule has 6 heteroatoms. The van der Waals surface area contributed by atoms with Crippen LogP contribution < -0.4 is 10.6 Å². The molecule has 2 rings (SSSR count). The minimum absolute atomic E-state index is 0.209. The second-order valence-electron chi connectivity index (χ2n) is 5.04. The molecular weight excluding hydrogens is 270 g/mol. The molecule has 3 N–H and O–H groups in total. The number of benzene rings is 1. The van der Waals surface area contributed by atoms with Gasteiger partial charge in [0.15, 0.2) is 0 Å². The van der Waals surface area contributed by atoms with Crippen LogP contribution in [0.5, 0.6) is 0 Å². The smallest absolute Gasteiger partial charge is 0.326 e. The van der Waals surface area contributed by atoms with Crippen LogP contribution in [0, 0.1) is 5.92 Å². The molecule has 0 radical (unpaired) electrons. The maximum Gasteiger partial charge on any atom is 0.326 e. The zero-order chi connectivity index (χ0) is 15.4. The third-order valence-electron chi connectivity index (χ3n) is 3.10. The van der Waals surface area contributed by atoms with Crippen LogP contribution in [-0.4, -0.2) is 28.1 Å². The van der Waals surface area contributed by atoms with Crippen molar-refractivity contribution in [1.29, 1.82) is 0 Å². The highest BCUT2D eigenvalue weighted by atomic mass is 16.4. The molecule has 0 aliphatic heterocycles. The Balaban J connectivity index is 2.17. The van der Waals surface area contributed by atoms with E-state index in [-0.39, 0.29) is 5.92 Å². The first kappa shape index (κ1) is 14.8. The van der Waals surface area contributed by atoms with E-state index >= 15 is 0 Å². The van der Waals surface area contributed by atoms with Crippen molar-refractivity contribution in [2.24, 2.45) is 5.92 Å². The van der Waals surface area contributed by atoms with Crippen molar-refractivity contribution < 1.29 is 14.7 Å². The summed E-state index contributed by atoms with van der Waals surface area (Å²) in [6.07, 6.45) is 1.64. The molecular formula is C15H17N3O3. The predicted octanol–water partition coefficient (Wildman–Crippen LogP) is 2.47. The van der Waals surface area contributed by atoms with E-state index in [9.17, 15) is 9.59 Å². The number of aromatic nitrogens is 1. The van der Waals surface area contributed by atoms with Gasteiger partial charge in [0, 0.05) is 11.6 Å². The van der Waals surface area contributed by atoms with Gasteiger partial charge in [-0.3, -0.25) is 4.98 Å². The summed E-state index contributed by atoms with van der Waals surface area (Å²) in [5.41, 5.74) is 1.20. The molecule has 1 heterocycles. The first-order chi connectivity index (χ1) is 9.99. The fraction of sp³-hybridized carbons (Fsp3) is 0.267. The number of carbonyl (C=O) groups is 2. The lowest BCUT2D eigenvalue weighted by atomic mass is 10.1. The molecule has 0 saturated carbocycles. The van der Waals surface area contributed by atoms with E-state index in [0.717, 1.165) is 5.39 Å². The number of urea groups is 1. The van der Waals surface area contributed by atoms with Gasteiger partial charge in [0.05, 0.1) is 11.2 Å². The quantitative estimate of drug-likeness (QED) is 0.805. The van der Waals surface area contributed by atoms with Crippen LogP contribution in [-0.2, 0) is 4.79 Å². The second kappa shape index (κ2) is 6.21. The maximum atomic E-state index is 12.0. The number of anilines is 1. The number of amides is 2. The molecule has 21 heavy (non-hydrogen) atoms. The van der Waals surface area contributed by atoms with Crippen LogP contribution in [0.3, 0.4) is 0 Å². The standard InChI is InChI=1S/C15H17N3O3/c1-9(2)12(14(19)20)18-15(21)17-11-7-3-5-10-6-4-8-16-13(10)11/h3-9,12H,1-2H3,(H,19,20)(H2,17,18,21). The molecule has 110 valence electrons. The van der Waals surface area contributed by atoms with Gasteiger partial charge >= 0.3 is 12.0 Å². The average molecular weight is 287 g/mol. The fourth-order valence-electron chi connectivity index (χ4n) is 2.02. The first-order valence-corrected chi connectivity index (χ1v) is 6.63. The maximum absolute atomic E-state index is 12.0. The first-order valence-electron chi connectivity index (χ1n) is 6.63. The zero-order valence-corrected chi connectivity index (χ0v) is 11.8. The summed E-state index contributed by atoms with van der Waals surface area (Å²) >= 11 is 0. The minimum Gasteiger partial charge on any atom is -0.480 e. The van der Waals surface area contributed by atoms with Gasteiger partial charge in [-0.1, -0.05) is 32.0 Å². The van der Waals surface area contributed by atoms with Gasteiger partial charge < -0.3 is 15.7 Å². The number of aliphatic carboxylic acids is 1. The molecule has 6 nitrogen and oxygen atoms in total. The second-order valence-corrected chi connectivity index (χ2v) is 5.04. The molecule has 1 aromatic carbocycles. The molecule has 2 amide bonds. The van der Waals surface area contributed by atoms with Crippen LogP contribution in [0.2, 0.25) is 0 Å². The number of hydrogen-bond acceptors (Lipinski definition) is 3. The van der Waals surface area contributed by atoms with Crippen molar-refractivity contribution in [3.05, 3.63) is 36.5 Å². The average Bonchev–Trinajstić information content (AvgIpc) is 2.44. The molecule has 0 aliphatic carbocycles. The Bertz CT molecular complexity index is 665. The van der Waals surface area contributed by atoms with Crippen molar-refractivity contribution >= 4 is 28.6 Å². The normalized spacial score (nSPS) is 12.1. The van der Waals surface area contributed by atoms with Crippen molar-refractivity contribution in [3.63, 3.8) is 0 Å². The van der Waals surface area contributed by atoms with E-state index in [1.54, 1.807) is 32.2 Å². The van der Waals surface area contributed by atoms with Gasteiger partial charge in [0.1, 0.15) is 6.04 Å². The molecule has 0 bridgehead atoms. The lowest BCUT2D eigenvalue weighted by molar-refractivity contribution is -0.140. The monoisotopic (exact) mass is 287 g/mol. The number of pyridine rings is 1.